The molecule has 0 aliphatic heterocycles. The molecule has 110 valence electrons. The first kappa shape index (κ1) is 14.9. The summed E-state index contributed by atoms with van der Waals surface area (Å²) in [5, 5.41) is 1.97. The molecule has 0 aliphatic rings. The van der Waals surface area contributed by atoms with Gasteiger partial charge < -0.3 is 14.2 Å². The summed E-state index contributed by atoms with van der Waals surface area (Å²) in [4.78, 5) is 10.9. The van der Waals surface area contributed by atoms with Crippen molar-refractivity contribution in [2.24, 2.45) is 0 Å². The highest BCUT2D eigenvalue weighted by molar-refractivity contribution is 5.93. The Morgan fingerprint density at radius 1 is 1.05 bits per heavy atom. The Hall–Kier alpha value is -2.49. The van der Waals surface area contributed by atoms with Crippen LogP contribution in [0.2, 0.25) is 0 Å². The molecule has 0 spiro atoms. The Kier molecular flexibility index (Phi) is 5.21. The molecule has 4 heteroatoms. The normalized spacial score (nSPS) is 10.1. The molecule has 21 heavy (non-hydrogen) atoms. The average Bonchev–Trinajstić information content (AvgIpc) is 2.52. The third kappa shape index (κ3) is 3.75. The van der Waals surface area contributed by atoms with Crippen molar-refractivity contribution in [1.82, 2.24) is 0 Å². The molecule has 2 aromatic rings. The predicted octanol–water partition coefficient (Wildman–Crippen LogP) is 3.35. The zero-order valence-electron chi connectivity index (χ0n) is 12.0. The van der Waals surface area contributed by atoms with Crippen LogP contribution in [0.3, 0.4) is 0 Å². The second-order valence-electron chi connectivity index (χ2n) is 4.26. The van der Waals surface area contributed by atoms with E-state index in [9.17, 15) is 4.79 Å². The predicted molar refractivity (Wildman–Crippen MR) is 81.8 cm³/mol. The van der Waals surface area contributed by atoms with Gasteiger partial charge in [0.05, 0.1) is 6.61 Å². The van der Waals surface area contributed by atoms with E-state index in [4.69, 9.17) is 14.2 Å². The van der Waals surface area contributed by atoms with Crippen LogP contribution in [0.15, 0.2) is 49.1 Å². The number of benzene rings is 2. The zero-order valence-corrected chi connectivity index (χ0v) is 12.0. The number of fused-ring (bicyclic) bond motifs is 1. The van der Waals surface area contributed by atoms with Gasteiger partial charge >= 0.3 is 5.97 Å². The molecule has 0 aliphatic carbocycles. The number of hydrogen-bond acceptors (Lipinski definition) is 4. The quantitative estimate of drug-likeness (QED) is 0.445. The van der Waals surface area contributed by atoms with Gasteiger partial charge in [-0.3, -0.25) is 0 Å². The van der Waals surface area contributed by atoms with Gasteiger partial charge in [0, 0.05) is 16.8 Å². The van der Waals surface area contributed by atoms with Crippen molar-refractivity contribution in [1.29, 1.82) is 0 Å². The number of hydrogen-bond donors (Lipinski definition) is 0. The van der Waals surface area contributed by atoms with Gasteiger partial charge in [0.25, 0.3) is 0 Å². The fourth-order valence-corrected chi connectivity index (χ4v) is 2.01. The minimum Gasteiger partial charge on any atom is -0.493 e. The molecule has 0 atom stereocenters. The highest BCUT2D eigenvalue weighted by atomic mass is 16.6. The summed E-state index contributed by atoms with van der Waals surface area (Å²) in [5.41, 5.74) is 0. The highest BCUT2D eigenvalue weighted by Crippen LogP contribution is 2.32. The van der Waals surface area contributed by atoms with Gasteiger partial charge in [0.2, 0.25) is 0 Å². The van der Waals surface area contributed by atoms with Gasteiger partial charge in [-0.2, -0.15) is 0 Å². The summed E-state index contributed by atoms with van der Waals surface area (Å²) < 4.78 is 16.2. The molecule has 0 heterocycles. The molecule has 0 fully saturated rings. The molecular weight excluding hydrogens is 268 g/mol. The van der Waals surface area contributed by atoms with Crippen LogP contribution in [0.25, 0.3) is 10.8 Å². The van der Waals surface area contributed by atoms with E-state index in [-0.39, 0.29) is 13.2 Å². The Labute approximate surface area is 123 Å². The van der Waals surface area contributed by atoms with E-state index in [0.717, 1.165) is 28.3 Å². The Morgan fingerprint density at radius 2 is 1.67 bits per heavy atom. The molecule has 0 aromatic heterocycles. The summed E-state index contributed by atoms with van der Waals surface area (Å²) in [6.45, 7) is 6.38. The Bertz CT molecular complexity index is 634. The molecule has 0 bridgehead atoms. The Balaban J connectivity index is 2.11. The number of rotatable bonds is 7. The highest BCUT2D eigenvalue weighted by Gasteiger charge is 2.06. The lowest BCUT2D eigenvalue weighted by atomic mass is 10.1. The van der Waals surface area contributed by atoms with Gasteiger partial charge in [-0.15, -0.1) is 0 Å². The van der Waals surface area contributed by atoms with Crippen LogP contribution in [0, 0.1) is 0 Å². The molecule has 2 aromatic carbocycles. The number of esters is 1. The second kappa shape index (κ2) is 7.33. The van der Waals surface area contributed by atoms with Crippen molar-refractivity contribution in [3.63, 3.8) is 0 Å². The average molecular weight is 286 g/mol. The lowest BCUT2D eigenvalue weighted by Crippen LogP contribution is -2.10. The summed E-state index contributed by atoms with van der Waals surface area (Å²) in [5.74, 6) is 1.12. The number of ether oxygens (including phenoxy) is 3. The third-order valence-corrected chi connectivity index (χ3v) is 2.89. The fourth-order valence-electron chi connectivity index (χ4n) is 2.01. The van der Waals surface area contributed by atoms with Crippen LogP contribution >= 0.6 is 0 Å². The van der Waals surface area contributed by atoms with Gasteiger partial charge in [0.15, 0.2) is 0 Å². The standard InChI is InChI=1S/C17H18O4/c1-3-17(18)21-12-11-20-16-10-6-7-13-14(16)8-5-9-15(13)19-4-2/h3,5-10H,1,4,11-12H2,2H3. The first-order chi connectivity index (χ1) is 10.3. The van der Waals surface area contributed by atoms with Crippen LogP contribution in [0.5, 0.6) is 11.5 Å². The van der Waals surface area contributed by atoms with Crippen molar-refractivity contribution >= 4 is 16.7 Å². The van der Waals surface area contributed by atoms with Gasteiger partial charge in [-0.1, -0.05) is 30.8 Å². The minimum atomic E-state index is -0.449. The molecule has 2 rings (SSSR count). The molecule has 0 unspecified atom stereocenters. The van der Waals surface area contributed by atoms with Crippen molar-refractivity contribution in [3.05, 3.63) is 49.1 Å². The molecule has 0 amide bonds. The smallest absolute Gasteiger partial charge is 0.330 e. The second-order valence-corrected chi connectivity index (χ2v) is 4.26. The van der Waals surface area contributed by atoms with Crippen molar-refractivity contribution in [3.8, 4) is 11.5 Å². The molecule has 0 saturated heterocycles. The molecule has 4 nitrogen and oxygen atoms in total. The zero-order chi connectivity index (χ0) is 15.1. The van der Waals surface area contributed by atoms with Gasteiger partial charge in [-0.05, 0) is 19.1 Å². The fraction of sp³-hybridized carbons (Fsp3) is 0.235. The SMILES string of the molecule is C=CC(=O)OCCOc1cccc2c(OCC)cccc12. The first-order valence-corrected chi connectivity index (χ1v) is 6.82. The number of carbonyl (C=O) groups excluding carboxylic acids is 1. The van der Waals surface area contributed by atoms with E-state index in [2.05, 4.69) is 6.58 Å². The molecular formula is C17H18O4. The first-order valence-electron chi connectivity index (χ1n) is 6.82. The molecule has 0 N–H and O–H groups in total. The van der Waals surface area contributed by atoms with Crippen LogP contribution < -0.4 is 9.47 Å². The number of carbonyl (C=O) groups is 1. The third-order valence-electron chi connectivity index (χ3n) is 2.89. The van der Waals surface area contributed by atoms with Crippen molar-refractivity contribution in [2.75, 3.05) is 19.8 Å². The van der Waals surface area contributed by atoms with Crippen LogP contribution in [-0.4, -0.2) is 25.8 Å². The van der Waals surface area contributed by atoms with Crippen LogP contribution in [-0.2, 0) is 9.53 Å². The summed E-state index contributed by atoms with van der Waals surface area (Å²) in [6, 6.07) is 11.6. The largest absolute Gasteiger partial charge is 0.493 e. The summed E-state index contributed by atoms with van der Waals surface area (Å²) in [7, 11) is 0. The van der Waals surface area contributed by atoms with Crippen LogP contribution in [0.4, 0.5) is 0 Å². The lowest BCUT2D eigenvalue weighted by molar-refractivity contribution is -0.138. The van der Waals surface area contributed by atoms with Crippen LogP contribution in [0.1, 0.15) is 6.92 Å². The summed E-state index contributed by atoms with van der Waals surface area (Å²) in [6.07, 6.45) is 1.13. The maximum atomic E-state index is 10.9. The molecule has 0 radical (unpaired) electrons. The lowest BCUT2D eigenvalue weighted by Gasteiger charge is -2.12. The maximum Gasteiger partial charge on any atom is 0.330 e. The van der Waals surface area contributed by atoms with E-state index in [1.54, 1.807) is 0 Å². The Morgan fingerprint density at radius 3 is 2.24 bits per heavy atom. The van der Waals surface area contributed by atoms with Crippen molar-refractivity contribution in [2.45, 2.75) is 6.92 Å². The van der Waals surface area contributed by atoms with Gasteiger partial charge in [0.1, 0.15) is 24.7 Å². The van der Waals surface area contributed by atoms with E-state index in [1.165, 1.54) is 0 Å². The topological polar surface area (TPSA) is 44.8 Å². The summed E-state index contributed by atoms with van der Waals surface area (Å²) >= 11 is 0. The molecule has 0 saturated carbocycles. The van der Waals surface area contributed by atoms with Crippen molar-refractivity contribution < 1.29 is 19.0 Å². The minimum absolute atomic E-state index is 0.187. The monoisotopic (exact) mass is 286 g/mol. The van der Waals surface area contributed by atoms with E-state index < -0.39 is 5.97 Å². The van der Waals surface area contributed by atoms with E-state index in [1.807, 2.05) is 43.3 Å². The van der Waals surface area contributed by atoms with E-state index >= 15 is 0 Å². The van der Waals surface area contributed by atoms with Gasteiger partial charge in [-0.25, -0.2) is 4.79 Å². The maximum absolute atomic E-state index is 10.9. The van der Waals surface area contributed by atoms with E-state index in [0.29, 0.717) is 6.61 Å².